The Balaban J connectivity index is 1.50. The zero-order valence-corrected chi connectivity index (χ0v) is 13.2. The van der Waals surface area contributed by atoms with Gasteiger partial charge in [0, 0.05) is 31.9 Å². The van der Waals surface area contributed by atoms with E-state index in [4.69, 9.17) is 0 Å². The Morgan fingerprint density at radius 1 is 0.958 bits per heavy atom. The van der Waals surface area contributed by atoms with Crippen LogP contribution >= 0.6 is 0 Å². The number of piperazine rings is 1. The van der Waals surface area contributed by atoms with Crippen molar-refractivity contribution in [3.63, 3.8) is 0 Å². The van der Waals surface area contributed by atoms with Crippen molar-refractivity contribution in [3.8, 4) is 0 Å². The molecule has 0 spiro atoms. The number of amides is 1. The fraction of sp³-hybridized carbons (Fsp3) is 0.278. The highest BCUT2D eigenvalue weighted by atomic mass is 19.1. The number of nitrogens with zero attached hydrogens (tertiary/aromatic N) is 2. The van der Waals surface area contributed by atoms with Gasteiger partial charge in [0.05, 0.1) is 12.2 Å². The molecule has 0 bridgehead atoms. The summed E-state index contributed by atoms with van der Waals surface area (Å²) in [5.41, 5.74) is 1.28. The fourth-order valence-electron chi connectivity index (χ4n) is 2.75. The highest BCUT2D eigenvalue weighted by Gasteiger charge is 2.21. The molecule has 0 saturated carbocycles. The third-order valence-electron chi connectivity index (χ3n) is 4.13. The second-order valence-corrected chi connectivity index (χ2v) is 5.68. The maximum Gasteiger partial charge on any atom is 0.241 e. The largest absolute Gasteiger partial charge is 0.374 e. The van der Waals surface area contributed by atoms with Crippen LogP contribution in [0.3, 0.4) is 0 Å². The Morgan fingerprint density at radius 2 is 1.62 bits per heavy atom. The maximum atomic E-state index is 13.5. The molecule has 0 aliphatic carbocycles. The van der Waals surface area contributed by atoms with Crippen molar-refractivity contribution in [1.29, 1.82) is 0 Å². The lowest BCUT2D eigenvalue weighted by Crippen LogP contribution is -2.50. The van der Waals surface area contributed by atoms with Crippen LogP contribution in [0.1, 0.15) is 0 Å². The molecule has 3 rings (SSSR count). The summed E-state index contributed by atoms with van der Waals surface area (Å²) >= 11 is 0. The Bertz CT molecular complexity index is 698. The molecule has 0 aromatic heterocycles. The second-order valence-electron chi connectivity index (χ2n) is 5.68. The van der Waals surface area contributed by atoms with Crippen molar-refractivity contribution in [3.05, 3.63) is 60.2 Å². The molecule has 0 atom stereocenters. The molecule has 24 heavy (non-hydrogen) atoms. The van der Waals surface area contributed by atoms with E-state index < -0.39 is 0 Å². The molecule has 1 N–H and O–H groups in total. The van der Waals surface area contributed by atoms with Gasteiger partial charge in [-0.3, -0.25) is 4.79 Å². The van der Waals surface area contributed by atoms with Crippen LogP contribution in [0.25, 0.3) is 0 Å². The predicted molar refractivity (Wildman–Crippen MR) is 90.1 cm³/mol. The number of anilines is 2. The lowest BCUT2D eigenvalue weighted by molar-refractivity contribution is -0.129. The first-order valence-electron chi connectivity index (χ1n) is 7.90. The Kier molecular flexibility index (Phi) is 4.93. The van der Waals surface area contributed by atoms with Crippen molar-refractivity contribution in [1.82, 2.24) is 4.90 Å². The first-order chi connectivity index (χ1) is 11.6. The molecule has 0 radical (unpaired) electrons. The minimum atomic E-state index is -0.369. The number of benzene rings is 2. The van der Waals surface area contributed by atoms with Gasteiger partial charge in [-0.05, 0) is 36.4 Å². The van der Waals surface area contributed by atoms with Crippen molar-refractivity contribution >= 4 is 17.3 Å². The number of nitrogens with one attached hydrogen (secondary N) is 1. The molecule has 1 fully saturated rings. The average molecular weight is 331 g/mol. The van der Waals surface area contributed by atoms with Crippen LogP contribution in [0.4, 0.5) is 20.2 Å². The quantitative estimate of drug-likeness (QED) is 0.936. The number of carbonyl (C=O) groups is 1. The summed E-state index contributed by atoms with van der Waals surface area (Å²) in [5, 5.41) is 2.84. The standard InChI is InChI=1S/C18H19F2N3O/c19-14-5-7-15(8-6-14)22-9-11-23(12-10-22)18(24)13-21-17-4-2-1-3-16(17)20/h1-8,21H,9-13H2. The molecule has 6 heteroatoms. The van der Waals surface area contributed by atoms with Crippen LogP contribution in [0, 0.1) is 11.6 Å². The van der Waals surface area contributed by atoms with E-state index in [1.54, 1.807) is 35.2 Å². The third kappa shape index (κ3) is 3.82. The predicted octanol–water partition coefficient (Wildman–Crippen LogP) is 2.73. The third-order valence-corrected chi connectivity index (χ3v) is 4.13. The van der Waals surface area contributed by atoms with E-state index in [-0.39, 0.29) is 24.1 Å². The van der Waals surface area contributed by atoms with Crippen molar-refractivity contribution in [2.45, 2.75) is 0 Å². The van der Waals surface area contributed by atoms with Crippen LogP contribution in [0.5, 0.6) is 0 Å². The van der Waals surface area contributed by atoms with Crippen molar-refractivity contribution < 1.29 is 13.6 Å². The van der Waals surface area contributed by atoms with Crippen LogP contribution in [0.15, 0.2) is 48.5 Å². The van der Waals surface area contributed by atoms with E-state index in [9.17, 15) is 13.6 Å². The molecule has 0 unspecified atom stereocenters. The highest BCUT2D eigenvalue weighted by molar-refractivity contribution is 5.81. The van der Waals surface area contributed by atoms with Crippen molar-refractivity contribution in [2.75, 3.05) is 42.9 Å². The normalized spacial score (nSPS) is 14.6. The minimum absolute atomic E-state index is 0.0583. The zero-order valence-electron chi connectivity index (χ0n) is 13.2. The SMILES string of the molecule is O=C(CNc1ccccc1F)N1CCN(c2ccc(F)cc2)CC1. The molecule has 4 nitrogen and oxygen atoms in total. The molecule has 2 aromatic carbocycles. The smallest absolute Gasteiger partial charge is 0.241 e. The zero-order chi connectivity index (χ0) is 16.9. The van der Waals surface area contributed by atoms with Gasteiger partial charge in [0.1, 0.15) is 11.6 Å². The van der Waals surface area contributed by atoms with Gasteiger partial charge in [-0.15, -0.1) is 0 Å². The molecule has 2 aromatic rings. The van der Waals surface area contributed by atoms with Gasteiger partial charge in [0.2, 0.25) is 5.91 Å². The topological polar surface area (TPSA) is 35.6 Å². The number of hydrogen-bond donors (Lipinski definition) is 1. The summed E-state index contributed by atoms with van der Waals surface area (Å²) in [7, 11) is 0. The van der Waals surface area contributed by atoms with E-state index in [1.807, 2.05) is 0 Å². The van der Waals surface area contributed by atoms with Crippen LogP contribution in [-0.2, 0) is 4.79 Å². The van der Waals surface area contributed by atoms with E-state index in [0.29, 0.717) is 31.9 Å². The van der Waals surface area contributed by atoms with Crippen LogP contribution < -0.4 is 10.2 Å². The van der Waals surface area contributed by atoms with Gasteiger partial charge in [0.15, 0.2) is 0 Å². The average Bonchev–Trinajstić information content (AvgIpc) is 2.62. The molecule has 1 amide bonds. The molecular formula is C18H19F2N3O. The van der Waals surface area contributed by atoms with E-state index in [2.05, 4.69) is 10.2 Å². The molecule has 1 heterocycles. The summed E-state index contributed by atoms with van der Waals surface area (Å²) in [6.07, 6.45) is 0. The summed E-state index contributed by atoms with van der Waals surface area (Å²) < 4.78 is 26.5. The van der Waals surface area contributed by atoms with Gasteiger partial charge in [-0.2, -0.15) is 0 Å². The summed E-state index contributed by atoms with van der Waals surface area (Å²) in [6.45, 7) is 2.63. The Hall–Kier alpha value is -2.63. The van der Waals surface area contributed by atoms with Gasteiger partial charge in [-0.1, -0.05) is 12.1 Å². The monoisotopic (exact) mass is 331 g/mol. The lowest BCUT2D eigenvalue weighted by Gasteiger charge is -2.36. The van der Waals surface area contributed by atoms with Gasteiger partial charge in [0.25, 0.3) is 0 Å². The molecule has 1 aliphatic heterocycles. The fourth-order valence-corrected chi connectivity index (χ4v) is 2.75. The Labute approximate surface area is 139 Å². The van der Waals surface area contributed by atoms with Crippen LogP contribution in [-0.4, -0.2) is 43.5 Å². The van der Waals surface area contributed by atoms with Crippen LogP contribution in [0.2, 0.25) is 0 Å². The summed E-state index contributed by atoms with van der Waals surface area (Å²) in [4.78, 5) is 16.1. The van der Waals surface area contributed by atoms with Crippen molar-refractivity contribution in [2.24, 2.45) is 0 Å². The second kappa shape index (κ2) is 7.29. The minimum Gasteiger partial charge on any atom is -0.374 e. The number of rotatable bonds is 4. The highest BCUT2D eigenvalue weighted by Crippen LogP contribution is 2.17. The maximum absolute atomic E-state index is 13.5. The number of para-hydroxylation sites is 1. The number of halogens is 2. The van der Waals surface area contributed by atoms with Gasteiger partial charge >= 0.3 is 0 Å². The lowest BCUT2D eigenvalue weighted by atomic mass is 10.2. The molecule has 126 valence electrons. The van der Waals surface area contributed by atoms with Gasteiger partial charge < -0.3 is 15.1 Å². The first-order valence-corrected chi connectivity index (χ1v) is 7.90. The number of hydrogen-bond acceptors (Lipinski definition) is 3. The van der Waals surface area contributed by atoms with E-state index in [1.165, 1.54) is 18.2 Å². The molecule has 1 saturated heterocycles. The van der Waals surface area contributed by atoms with Gasteiger partial charge in [-0.25, -0.2) is 8.78 Å². The van der Waals surface area contributed by atoms with E-state index >= 15 is 0 Å². The first kappa shape index (κ1) is 16.2. The van der Waals surface area contributed by atoms with E-state index in [0.717, 1.165) is 5.69 Å². The summed E-state index contributed by atoms with van der Waals surface area (Å²) in [5.74, 6) is -0.685. The molecular weight excluding hydrogens is 312 g/mol. The summed E-state index contributed by atoms with van der Waals surface area (Å²) in [6, 6.07) is 12.6. The number of carbonyl (C=O) groups excluding carboxylic acids is 1. The Morgan fingerprint density at radius 3 is 2.29 bits per heavy atom. The molecule has 1 aliphatic rings.